The van der Waals surface area contributed by atoms with Crippen LogP contribution >= 0.6 is 0 Å². The minimum Gasteiger partial charge on any atom is -0.388 e. The average Bonchev–Trinajstić information content (AvgIpc) is 2.43. The van der Waals surface area contributed by atoms with Gasteiger partial charge in [-0.3, -0.25) is 9.59 Å². The molecule has 0 radical (unpaired) electrons. The Morgan fingerprint density at radius 2 is 2.15 bits per heavy atom. The molecule has 0 aliphatic heterocycles. The van der Waals surface area contributed by atoms with E-state index in [1.807, 2.05) is 0 Å². The Morgan fingerprint density at radius 1 is 1.50 bits per heavy atom. The van der Waals surface area contributed by atoms with Crippen LogP contribution in [-0.4, -0.2) is 32.9 Å². The third-order valence-electron chi connectivity index (χ3n) is 3.98. The average molecular weight is 279 g/mol. The van der Waals surface area contributed by atoms with E-state index in [1.54, 1.807) is 0 Å². The van der Waals surface area contributed by atoms with Crippen molar-refractivity contribution in [3.05, 3.63) is 28.2 Å². The number of aryl methyl sites for hydroxylation is 1. The number of hydrogen-bond donors (Lipinski definition) is 2. The van der Waals surface area contributed by atoms with Crippen molar-refractivity contribution in [1.82, 2.24) is 15.1 Å². The minimum absolute atomic E-state index is 0.180. The lowest BCUT2D eigenvalue weighted by Crippen LogP contribution is -2.45. The summed E-state index contributed by atoms with van der Waals surface area (Å²) in [6, 6.07) is 2.70. The molecule has 6 nitrogen and oxygen atoms in total. The van der Waals surface area contributed by atoms with Crippen LogP contribution in [-0.2, 0) is 7.05 Å². The first kappa shape index (κ1) is 14.7. The zero-order valence-electron chi connectivity index (χ0n) is 11.9. The van der Waals surface area contributed by atoms with Crippen molar-refractivity contribution >= 4 is 5.91 Å². The SMILES string of the molecule is CC1CCC(O)(CNC(=O)c2ccc(=O)n(C)n2)CC1. The van der Waals surface area contributed by atoms with Gasteiger partial charge in [-0.25, -0.2) is 4.68 Å². The van der Waals surface area contributed by atoms with E-state index in [0.717, 1.165) is 17.5 Å². The standard InChI is InChI=1S/C14H21N3O3/c1-10-5-7-14(20,8-6-10)9-15-13(19)11-3-4-12(18)17(2)16-11/h3-4,10,20H,5-9H2,1-2H3,(H,15,19). The topological polar surface area (TPSA) is 84.2 Å². The van der Waals surface area contributed by atoms with Gasteiger partial charge in [-0.15, -0.1) is 0 Å². The normalized spacial score (nSPS) is 26.2. The molecule has 0 unspecified atom stereocenters. The number of carbonyl (C=O) groups excluding carboxylic acids is 1. The molecule has 1 saturated carbocycles. The number of aliphatic hydroxyl groups is 1. The van der Waals surface area contributed by atoms with Gasteiger partial charge in [-0.1, -0.05) is 6.92 Å². The van der Waals surface area contributed by atoms with E-state index in [0.29, 0.717) is 18.8 Å². The molecule has 0 spiro atoms. The van der Waals surface area contributed by atoms with Crippen LogP contribution in [0.25, 0.3) is 0 Å². The molecule has 6 heteroatoms. The molecule has 20 heavy (non-hydrogen) atoms. The van der Waals surface area contributed by atoms with E-state index in [-0.39, 0.29) is 23.7 Å². The van der Waals surface area contributed by atoms with Crippen LogP contribution in [0.15, 0.2) is 16.9 Å². The molecule has 0 aromatic carbocycles. The number of carbonyl (C=O) groups is 1. The molecule has 1 aliphatic carbocycles. The van der Waals surface area contributed by atoms with E-state index in [2.05, 4.69) is 17.3 Å². The van der Waals surface area contributed by atoms with Crippen molar-refractivity contribution in [3.63, 3.8) is 0 Å². The Bertz CT molecular complexity index is 545. The molecule has 1 aromatic rings. The summed E-state index contributed by atoms with van der Waals surface area (Å²) in [5.41, 5.74) is -0.899. The van der Waals surface area contributed by atoms with Gasteiger partial charge >= 0.3 is 0 Å². The number of nitrogens with one attached hydrogen (secondary N) is 1. The summed E-state index contributed by atoms with van der Waals surface area (Å²) in [6.07, 6.45) is 3.36. The third-order valence-corrected chi connectivity index (χ3v) is 3.98. The van der Waals surface area contributed by atoms with Gasteiger partial charge in [0.15, 0.2) is 0 Å². The van der Waals surface area contributed by atoms with E-state index < -0.39 is 5.60 Å². The molecule has 2 N–H and O–H groups in total. The summed E-state index contributed by atoms with van der Waals surface area (Å²) in [5, 5.41) is 17.0. The van der Waals surface area contributed by atoms with Crippen molar-refractivity contribution < 1.29 is 9.90 Å². The van der Waals surface area contributed by atoms with Crippen molar-refractivity contribution in [2.24, 2.45) is 13.0 Å². The Kier molecular flexibility index (Phi) is 4.23. The molecule has 0 bridgehead atoms. The van der Waals surface area contributed by atoms with E-state index in [4.69, 9.17) is 0 Å². The fourth-order valence-electron chi connectivity index (χ4n) is 2.44. The second-order valence-corrected chi connectivity index (χ2v) is 5.77. The lowest BCUT2D eigenvalue weighted by molar-refractivity contribution is -0.00545. The first-order chi connectivity index (χ1) is 9.39. The summed E-state index contributed by atoms with van der Waals surface area (Å²) < 4.78 is 1.12. The van der Waals surface area contributed by atoms with Crippen LogP contribution in [0.1, 0.15) is 43.1 Å². The summed E-state index contributed by atoms with van der Waals surface area (Å²) in [6.45, 7) is 2.40. The molecule has 1 fully saturated rings. The molecule has 1 aliphatic rings. The van der Waals surface area contributed by atoms with Crippen LogP contribution < -0.4 is 10.9 Å². The number of aromatic nitrogens is 2. The summed E-state index contributed by atoms with van der Waals surface area (Å²) >= 11 is 0. The van der Waals surface area contributed by atoms with E-state index >= 15 is 0 Å². The molecule has 1 heterocycles. The van der Waals surface area contributed by atoms with Gasteiger partial charge < -0.3 is 10.4 Å². The quantitative estimate of drug-likeness (QED) is 0.841. The molecule has 1 aromatic heterocycles. The second-order valence-electron chi connectivity index (χ2n) is 5.77. The number of nitrogens with zero attached hydrogens (tertiary/aromatic N) is 2. The molecule has 2 rings (SSSR count). The molecule has 0 saturated heterocycles. The molecule has 110 valence electrons. The number of hydrogen-bond acceptors (Lipinski definition) is 4. The monoisotopic (exact) mass is 279 g/mol. The Labute approximate surface area is 117 Å². The Balaban J connectivity index is 1.95. The highest BCUT2D eigenvalue weighted by atomic mass is 16.3. The summed E-state index contributed by atoms with van der Waals surface area (Å²) in [5.74, 6) is 0.268. The second kappa shape index (κ2) is 5.75. The zero-order valence-corrected chi connectivity index (χ0v) is 11.9. The number of amides is 1. The lowest BCUT2D eigenvalue weighted by atomic mass is 9.79. The van der Waals surface area contributed by atoms with Crippen molar-refractivity contribution in [2.45, 2.75) is 38.2 Å². The van der Waals surface area contributed by atoms with Gasteiger partial charge in [-0.05, 0) is 37.7 Å². The first-order valence-corrected chi connectivity index (χ1v) is 6.95. The van der Waals surface area contributed by atoms with E-state index in [9.17, 15) is 14.7 Å². The van der Waals surface area contributed by atoms with Crippen molar-refractivity contribution in [1.29, 1.82) is 0 Å². The molecule has 0 atom stereocenters. The maximum atomic E-state index is 12.0. The largest absolute Gasteiger partial charge is 0.388 e. The van der Waals surface area contributed by atoms with Gasteiger partial charge in [0.1, 0.15) is 5.69 Å². The number of rotatable bonds is 3. The van der Waals surface area contributed by atoms with Gasteiger partial charge in [-0.2, -0.15) is 5.10 Å². The van der Waals surface area contributed by atoms with Crippen LogP contribution in [0.4, 0.5) is 0 Å². The van der Waals surface area contributed by atoms with Gasteiger partial charge in [0.2, 0.25) is 0 Å². The smallest absolute Gasteiger partial charge is 0.271 e. The highest BCUT2D eigenvalue weighted by molar-refractivity contribution is 5.92. The first-order valence-electron chi connectivity index (χ1n) is 6.95. The van der Waals surface area contributed by atoms with Gasteiger partial charge in [0.25, 0.3) is 11.5 Å². The Morgan fingerprint density at radius 3 is 2.75 bits per heavy atom. The highest BCUT2D eigenvalue weighted by Crippen LogP contribution is 2.31. The fourth-order valence-corrected chi connectivity index (χ4v) is 2.44. The van der Waals surface area contributed by atoms with Gasteiger partial charge in [0, 0.05) is 19.7 Å². The summed E-state index contributed by atoms with van der Waals surface area (Å²) in [4.78, 5) is 23.2. The predicted octanol–water partition coefficient (Wildman–Crippen LogP) is 0.451. The van der Waals surface area contributed by atoms with Gasteiger partial charge in [0.05, 0.1) is 5.60 Å². The predicted molar refractivity (Wildman–Crippen MR) is 74.4 cm³/mol. The molecular weight excluding hydrogens is 258 g/mol. The van der Waals surface area contributed by atoms with Crippen LogP contribution in [0.2, 0.25) is 0 Å². The fraction of sp³-hybridized carbons (Fsp3) is 0.643. The maximum absolute atomic E-state index is 12.0. The van der Waals surface area contributed by atoms with Crippen molar-refractivity contribution in [2.75, 3.05) is 6.54 Å². The van der Waals surface area contributed by atoms with Crippen LogP contribution in [0, 0.1) is 5.92 Å². The molecular formula is C14H21N3O3. The van der Waals surface area contributed by atoms with E-state index in [1.165, 1.54) is 19.2 Å². The molecule has 1 amide bonds. The third kappa shape index (κ3) is 3.45. The minimum atomic E-state index is -0.817. The maximum Gasteiger partial charge on any atom is 0.271 e. The van der Waals surface area contributed by atoms with Crippen molar-refractivity contribution in [3.8, 4) is 0 Å². The highest BCUT2D eigenvalue weighted by Gasteiger charge is 2.32. The Hall–Kier alpha value is -1.69. The van der Waals surface area contributed by atoms with Crippen LogP contribution in [0.3, 0.4) is 0 Å². The lowest BCUT2D eigenvalue weighted by Gasteiger charge is -2.34. The zero-order chi connectivity index (χ0) is 14.8. The summed E-state index contributed by atoms with van der Waals surface area (Å²) in [7, 11) is 1.50. The van der Waals surface area contributed by atoms with Crippen LogP contribution in [0.5, 0.6) is 0 Å².